The third-order valence-electron chi connectivity index (χ3n) is 6.28. The zero-order chi connectivity index (χ0) is 24.0. The van der Waals surface area contributed by atoms with E-state index in [-0.39, 0.29) is 0 Å². The Balaban J connectivity index is 2.18. The highest BCUT2D eigenvalue weighted by Gasteiger charge is 2.23. The number of hydrogen-bond acceptors (Lipinski definition) is 6. The molecule has 0 bridgehead atoms. The summed E-state index contributed by atoms with van der Waals surface area (Å²) in [5.41, 5.74) is 1.00. The molecule has 0 saturated heterocycles. The standard InChI is InChI=1S/C28H20N2O4/c1-31-17-5-7-19-21(11-17)15(13-29)9-23-25(19)26-20-8-6-18(32-2)12-22(20)16(14-30)10-24(26)28(34-4)27(23)33-3/h5-12H,1-4H3. The largest absolute Gasteiger partial charge is 0.497 e. The maximum absolute atomic E-state index is 9.95. The molecule has 0 heterocycles. The molecular formula is C28H20N2O4. The van der Waals surface area contributed by atoms with Gasteiger partial charge in [0.25, 0.3) is 0 Å². The van der Waals surface area contributed by atoms with Crippen LogP contribution in [0.15, 0.2) is 48.5 Å². The summed E-state index contributed by atoms with van der Waals surface area (Å²) in [7, 11) is 6.35. The van der Waals surface area contributed by atoms with E-state index in [1.165, 1.54) is 0 Å². The van der Waals surface area contributed by atoms with E-state index < -0.39 is 0 Å². The lowest BCUT2D eigenvalue weighted by Gasteiger charge is -2.19. The van der Waals surface area contributed by atoms with Crippen molar-refractivity contribution in [1.29, 1.82) is 10.5 Å². The molecule has 5 aromatic carbocycles. The van der Waals surface area contributed by atoms with Crippen molar-refractivity contribution in [2.45, 2.75) is 0 Å². The molecule has 0 atom stereocenters. The number of nitriles is 2. The molecule has 0 aliphatic carbocycles. The SMILES string of the molecule is COc1ccc2c(c1)c(C#N)cc1c(OC)c(OC)c3cc(C#N)c4cc(OC)ccc4c3c12. The molecule has 0 fully saturated rings. The fourth-order valence-electron chi connectivity index (χ4n) is 4.79. The molecule has 0 aromatic heterocycles. The summed E-state index contributed by atoms with van der Waals surface area (Å²) < 4.78 is 22.5. The fourth-order valence-corrected chi connectivity index (χ4v) is 4.79. The van der Waals surface area contributed by atoms with Crippen LogP contribution in [0.5, 0.6) is 23.0 Å². The van der Waals surface area contributed by atoms with Gasteiger partial charge in [-0.25, -0.2) is 0 Å². The van der Waals surface area contributed by atoms with Gasteiger partial charge in [-0.1, -0.05) is 12.1 Å². The van der Waals surface area contributed by atoms with Gasteiger partial charge in [-0.2, -0.15) is 10.5 Å². The maximum atomic E-state index is 9.95. The number of nitrogens with zero attached hydrogens (tertiary/aromatic N) is 2. The first-order valence-electron chi connectivity index (χ1n) is 10.5. The zero-order valence-electron chi connectivity index (χ0n) is 19.1. The van der Waals surface area contributed by atoms with E-state index >= 15 is 0 Å². The summed E-state index contributed by atoms with van der Waals surface area (Å²) >= 11 is 0. The lowest BCUT2D eigenvalue weighted by atomic mass is 9.88. The van der Waals surface area contributed by atoms with Gasteiger partial charge in [-0.15, -0.1) is 0 Å². The molecule has 34 heavy (non-hydrogen) atoms. The second kappa shape index (κ2) is 8.03. The molecule has 166 valence electrons. The third kappa shape index (κ3) is 2.86. The number of rotatable bonds is 4. The summed E-state index contributed by atoms with van der Waals surface area (Å²) in [5, 5.41) is 26.5. The minimum absolute atomic E-state index is 0.501. The van der Waals surface area contributed by atoms with Crippen molar-refractivity contribution in [3.05, 3.63) is 59.7 Å². The molecule has 0 amide bonds. The first kappa shape index (κ1) is 21.2. The zero-order valence-corrected chi connectivity index (χ0v) is 19.1. The van der Waals surface area contributed by atoms with E-state index in [2.05, 4.69) is 12.1 Å². The predicted molar refractivity (Wildman–Crippen MR) is 132 cm³/mol. The van der Waals surface area contributed by atoms with E-state index in [0.717, 1.165) is 43.1 Å². The average Bonchev–Trinajstić information content (AvgIpc) is 2.89. The summed E-state index contributed by atoms with van der Waals surface area (Å²) in [6.07, 6.45) is 0. The molecule has 0 unspecified atom stereocenters. The Morgan fingerprint density at radius 1 is 0.500 bits per heavy atom. The Morgan fingerprint density at radius 3 is 1.24 bits per heavy atom. The van der Waals surface area contributed by atoms with Gasteiger partial charge in [-0.05, 0) is 47.2 Å². The van der Waals surface area contributed by atoms with Crippen molar-refractivity contribution in [1.82, 2.24) is 0 Å². The van der Waals surface area contributed by atoms with Crippen molar-refractivity contribution in [3.8, 4) is 35.1 Å². The van der Waals surface area contributed by atoms with Gasteiger partial charge in [0.1, 0.15) is 11.5 Å². The number of fused-ring (bicyclic) bond motifs is 7. The Labute approximate surface area is 196 Å². The second-order valence-electron chi connectivity index (χ2n) is 7.81. The smallest absolute Gasteiger partial charge is 0.169 e. The third-order valence-corrected chi connectivity index (χ3v) is 6.28. The Morgan fingerprint density at radius 2 is 0.912 bits per heavy atom. The minimum Gasteiger partial charge on any atom is -0.497 e. The first-order chi connectivity index (χ1) is 16.6. The van der Waals surface area contributed by atoms with E-state index in [1.54, 1.807) is 28.4 Å². The predicted octanol–water partition coefficient (Wildman–Crippen LogP) is 6.08. The summed E-state index contributed by atoms with van der Waals surface area (Å²) in [4.78, 5) is 0. The van der Waals surface area contributed by atoms with E-state index in [0.29, 0.717) is 34.1 Å². The summed E-state index contributed by atoms with van der Waals surface area (Å²) in [6, 6.07) is 19.7. The summed E-state index contributed by atoms with van der Waals surface area (Å²) in [5.74, 6) is 2.34. The number of benzene rings is 5. The fraction of sp³-hybridized carbons (Fsp3) is 0.143. The highest BCUT2D eigenvalue weighted by molar-refractivity contribution is 6.31. The lowest BCUT2D eigenvalue weighted by molar-refractivity contribution is 0.362. The second-order valence-corrected chi connectivity index (χ2v) is 7.81. The van der Waals surface area contributed by atoms with Gasteiger partial charge in [0.2, 0.25) is 0 Å². The van der Waals surface area contributed by atoms with Crippen LogP contribution in [-0.4, -0.2) is 28.4 Å². The maximum Gasteiger partial charge on any atom is 0.169 e. The Kier molecular flexibility index (Phi) is 5.00. The Hall–Kier alpha value is -4.68. The quantitative estimate of drug-likeness (QED) is 0.310. The minimum atomic E-state index is 0.501. The van der Waals surface area contributed by atoms with Gasteiger partial charge in [-0.3, -0.25) is 0 Å². The molecule has 0 spiro atoms. The van der Waals surface area contributed by atoms with Crippen LogP contribution in [0.4, 0.5) is 0 Å². The molecule has 0 aliphatic heterocycles. The van der Waals surface area contributed by atoms with Crippen LogP contribution in [0.2, 0.25) is 0 Å². The molecule has 0 N–H and O–H groups in total. The average molecular weight is 448 g/mol. The van der Waals surface area contributed by atoms with Crippen molar-refractivity contribution in [2.75, 3.05) is 28.4 Å². The number of hydrogen-bond donors (Lipinski definition) is 0. The molecule has 5 rings (SSSR count). The van der Waals surface area contributed by atoms with E-state index in [9.17, 15) is 10.5 Å². The van der Waals surface area contributed by atoms with Crippen LogP contribution in [-0.2, 0) is 0 Å². The van der Waals surface area contributed by atoms with Crippen LogP contribution in [0.25, 0.3) is 43.1 Å². The van der Waals surface area contributed by atoms with Gasteiger partial charge >= 0.3 is 0 Å². The van der Waals surface area contributed by atoms with E-state index in [4.69, 9.17) is 18.9 Å². The number of ether oxygens (including phenoxy) is 4. The van der Waals surface area contributed by atoms with Crippen LogP contribution in [0.1, 0.15) is 11.1 Å². The molecule has 0 saturated carbocycles. The highest BCUT2D eigenvalue weighted by Crippen LogP contribution is 2.49. The van der Waals surface area contributed by atoms with Crippen molar-refractivity contribution in [2.24, 2.45) is 0 Å². The van der Waals surface area contributed by atoms with Crippen molar-refractivity contribution < 1.29 is 18.9 Å². The topological polar surface area (TPSA) is 84.5 Å². The monoisotopic (exact) mass is 448 g/mol. The van der Waals surface area contributed by atoms with Gasteiger partial charge in [0.15, 0.2) is 11.5 Å². The molecule has 6 heteroatoms. The van der Waals surface area contributed by atoms with Crippen LogP contribution >= 0.6 is 0 Å². The van der Waals surface area contributed by atoms with Crippen LogP contribution in [0.3, 0.4) is 0 Å². The lowest BCUT2D eigenvalue weighted by Crippen LogP contribution is -1.97. The normalized spacial score (nSPS) is 10.9. The highest BCUT2D eigenvalue weighted by atomic mass is 16.5. The van der Waals surface area contributed by atoms with Crippen LogP contribution in [0, 0.1) is 22.7 Å². The van der Waals surface area contributed by atoms with Gasteiger partial charge in [0.05, 0.1) is 51.7 Å². The van der Waals surface area contributed by atoms with Gasteiger partial charge < -0.3 is 18.9 Å². The first-order valence-corrected chi connectivity index (χ1v) is 10.5. The molecule has 5 aromatic rings. The number of methoxy groups -OCH3 is 4. The van der Waals surface area contributed by atoms with Crippen molar-refractivity contribution in [3.63, 3.8) is 0 Å². The molecular weight excluding hydrogens is 428 g/mol. The van der Waals surface area contributed by atoms with Gasteiger partial charge in [0, 0.05) is 32.3 Å². The Bertz CT molecular complexity index is 1600. The molecule has 0 aliphatic rings. The van der Waals surface area contributed by atoms with Crippen LogP contribution < -0.4 is 18.9 Å². The summed E-state index contributed by atoms with van der Waals surface area (Å²) in [6.45, 7) is 0. The molecule has 0 radical (unpaired) electrons. The molecule has 6 nitrogen and oxygen atoms in total. The van der Waals surface area contributed by atoms with Crippen molar-refractivity contribution >= 4 is 43.1 Å². The van der Waals surface area contributed by atoms with E-state index in [1.807, 2.05) is 48.5 Å².